The third-order valence-corrected chi connectivity index (χ3v) is 2.63. The van der Waals surface area contributed by atoms with E-state index in [1.54, 1.807) is 0 Å². The summed E-state index contributed by atoms with van der Waals surface area (Å²) in [4.78, 5) is 12.0. The molecule has 0 saturated heterocycles. The van der Waals surface area contributed by atoms with Gasteiger partial charge in [0, 0.05) is 17.1 Å². The quantitative estimate of drug-likeness (QED) is 0.690. The molecule has 0 spiro atoms. The topological polar surface area (TPSA) is 71.3 Å². The Bertz CT molecular complexity index is 456. The van der Waals surface area contributed by atoms with Gasteiger partial charge in [0.2, 0.25) is 9.03 Å². The Morgan fingerprint density at radius 2 is 2.33 bits per heavy atom. The monoisotopic (exact) mass is 224 g/mol. The first-order valence-electron chi connectivity index (χ1n) is 4.72. The zero-order valence-electron chi connectivity index (χ0n) is 8.16. The highest BCUT2D eigenvalue weighted by molar-refractivity contribution is 7.25. The molecular weight excluding hydrogens is 211 g/mol. The molecule has 4 N–H and O–H groups in total. The maximum absolute atomic E-state index is 8.81. The van der Waals surface area contributed by atoms with Gasteiger partial charge in [-0.3, -0.25) is 0 Å². The largest absolute Gasteiger partial charge is 0.449 e. The first-order chi connectivity index (χ1) is 7.36. The van der Waals surface area contributed by atoms with Gasteiger partial charge in [0.05, 0.1) is 0 Å². The van der Waals surface area contributed by atoms with E-state index >= 15 is 0 Å². The van der Waals surface area contributed by atoms with Crippen molar-refractivity contribution in [2.24, 2.45) is 5.73 Å². The van der Waals surface area contributed by atoms with Crippen LogP contribution in [0.1, 0.15) is 5.56 Å². The second kappa shape index (κ2) is 4.62. The SMILES string of the molecule is NCCc1c[nH]c2cccc(OPO)c12. The number of aromatic nitrogens is 1. The number of rotatable bonds is 4. The van der Waals surface area contributed by atoms with Gasteiger partial charge in [-0.15, -0.1) is 0 Å². The van der Waals surface area contributed by atoms with Crippen LogP contribution in [0.4, 0.5) is 0 Å². The second-order valence-electron chi connectivity index (χ2n) is 3.22. The van der Waals surface area contributed by atoms with E-state index in [9.17, 15) is 0 Å². The van der Waals surface area contributed by atoms with Gasteiger partial charge in [-0.1, -0.05) is 6.07 Å². The summed E-state index contributed by atoms with van der Waals surface area (Å²) in [5, 5.41) is 1.02. The molecule has 1 atom stereocenters. The Balaban J connectivity index is 2.53. The fourth-order valence-electron chi connectivity index (χ4n) is 1.71. The molecule has 0 amide bonds. The number of nitrogens with one attached hydrogen (secondary N) is 1. The van der Waals surface area contributed by atoms with Crippen molar-refractivity contribution in [1.82, 2.24) is 4.98 Å². The lowest BCUT2D eigenvalue weighted by Gasteiger charge is -2.04. The molecule has 5 heteroatoms. The van der Waals surface area contributed by atoms with Crippen LogP contribution in [0.5, 0.6) is 5.75 Å². The third-order valence-electron chi connectivity index (χ3n) is 2.32. The van der Waals surface area contributed by atoms with Crippen LogP contribution in [0.3, 0.4) is 0 Å². The first kappa shape index (κ1) is 10.4. The van der Waals surface area contributed by atoms with Crippen LogP contribution in [0.15, 0.2) is 24.4 Å². The molecule has 0 radical (unpaired) electrons. The predicted octanol–water partition coefficient (Wildman–Crippen LogP) is 1.55. The van der Waals surface area contributed by atoms with Crippen molar-refractivity contribution in [2.75, 3.05) is 6.54 Å². The molecule has 1 heterocycles. The molecule has 0 aliphatic carbocycles. The first-order valence-corrected chi connectivity index (χ1v) is 5.57. The van der Waals surface area contributed by atoms with E-state index in [0.717, 1.165) is 22.9 Å². The molecule has 0 aliphatic rings. The lowest BCUT2D eigenvalue weighted by Crippen LogP contribution is -2.02. The number of hydrogen-bond donors (Lipinski definition) is 3. The molecular formula is C10H13N2O2P. The Morgan fingerprint density at radius 1 is 1.47 bits per heavy atom. The number of aromatic amines is 1. The zero-order valence-corrected chi connectivity index (χ0v) is 9.16. The van der Waals surface area contributed by atoms with Gasteiger partial charge >= 0.3 is 0 Å². The predicted molar refractivity (Wildman–Crippen MR) is 62.2 cm³/mol. The summed E-state index contributed by atoms with van der Waals surface area (Å²) in [5.41, 5.74) is 7.67. The van der Waals surface area contributed by atoms with Crippen LogP contribution in [0.2, 0.25) is 0 Å². The summed E-state index contributed by atoms with van der Waals surface area (Å²) in [6.07, 6.45) is 2.74. The molecule has 1 aromatic heterocycles. The highest BCUT2D eigenvalue weighted by atomic mass is 31.1. The fraction of sp³-hybridized carbons (Fsp3) is 0.200. The van der Waals surface area contributed by atoms with Gasteiger partial charge in [-0.05, 0) is 30.7 Å². The molecule has 4 nitrogen and oxygen atoms in total. The van der Waals surface area contributed by atoms with Crippen molar-refractivity contribution >= 4 is 19.9 Å². The summed E-state index contributed by atoms with van der Waals surface area (Å²) in [7, 11) is -0.536. The van der Waals surface area contributed by atoms with Crippen molar-refractivity contribution in [3.05, 3.63) is 30.0 Å². The van der Waals surface area contributed by atoms with Crippen LogP contribution in [-0.2, 0) is 6.42 Å². The smallest absolute Gasteiger partial charge is 0.212 e. The average molecular weight is 224 g/mol. The minimum atomic E-state index is -0.536. The van der Waals surface area contributed by atoms with Crippen molar-refractivity contribution in [1.29, 1.82) is 0 Å². The van der Waals surface area contributed by atoms with E-state index in [0.29, 0.717) is 12.3 Å². The zero-order chi connectivity index (χ0) is 10.7. The number of benzene rings is 1. The molecule has 80 valence electrons. The van der Waals surface area contributed by atoms with E-state index in [4.69, 9.17) is 15.2 Å². The van der Waals surface area contributed by atoms with Crippen LogP contribution < -0.4 is 10.3 Å². The highest BCUT2D eigenvalue weighted by Gasteiger charge is 2.08. The molecule has 0 saturated carbocycles. The molecule has 0 aliphatic heterocycles. The number of hydrogen-bond acceptors (Lipinski definition) is 3. The van der Waals surface area contributed by atoms with E-state index in [2.05, 4.69) is 4.98 Å². The minimum absolute atomic E-state index is 0.536. The Morgan fingerprint density at radius 3 is 3.07 bits per heavy atom. The summed E-state index contributed by atoms with van der Waals surface area (Å²) >= 11 is 0. The summed E-state index contributed by atoms with van der Waals surface area (Å²) in [6, 6.07) is 5.71. The summed E-state index contributed by atoms with van der Waals surface area (Å²) in [6.45, 7) is 0.600. The lowest BCUT2D eigenvalue weighted by atomic mass is 10.1. The molecule has 1 unspecified atom stereocenters. The van der Waals surface area contributed by atoms with Crippen LogP contribution in [0, 0.1) is 0 Å². The summed E-state index contributed by atoms with van der Waals surface area (Å²) < 4.78 is 5.19. The van der Waals surface area contributed by atoms with Crippen LogP contribution in [-0.4, -0.2) is 16.4 Å². The maximum Gasteiger partial charge on any atom is 0.212 e. The summed E-state index contributed by atoms with van der Waals surface area (Å²) in [5.74, 6) is 0.707. The van der Waals surface area contributed by atoms with Gasteiger partial charge < -0.3 is 20.1 Å². The lowest BCUT2D eigenvalue weighted by molar-refractivity contribution is 0.517. The molecule has 0 bridgehead atoms. The molecule has 15 heavy (non-hydrogen) atoms. The van der Waals surface area contributed by atoms with Gasteiger partial charge in [-0.2, -0.15) is 0 Å². The highest BCUT2D eigenvalue weighted by Crippen LogP contribution is 2.31. The van der Waals surface area contributed by atoms with E-state index in [1.807, 2.05) is 24.4 Å². The Labute approximate surface area is 89.4 Å². The maximum atomic E-state index is 8.81. The number of fused-ring (bicyclic) bond motifs is 1. The standard InChI is InChI=1S/C10H13N2O2P/c11-5-4-7-6-12-8-2-1-3-9(10(7)8)14-15-13/h1-3,6,12-13,15H,4-5,11H2. The van der Waals surface area contributed by atoms with Crippen LogP contribution >= 0.6 is 9.03 Å². The molecule has 0 fully saturated rings. The normalized spacial score (nSPS) is 11.6. The van der Waals surface area contributed by atoms with Crippen LogP contribution in [0.25, 0.3) is 10.9 Å². The van der Waals surface area contributed by atoms with Crippen molar-refractivity contribution in [2.45, 2.75) is 6.42 Å². The molecule has 1 aromatic carbocycles. The van der Waals surface area contributed by atoms with Crippen molar-refractivity contribution in [3.8, 4) is 5.75 Å². The minimum Gasteiger partial charge on any atom is -0.449 e. The van der Waals surface area contributed by atoms with E-state index < -0.39 is 9.03 Å². The fourth-order valence-corrected chi connectivity index (χ4v) is 1.98. The van der Waals surface area contributed by atoms with Crippen molar-refractivity contribution in [3.63, 3.8) is 0 Å². The van der Waals surface area contributed by atoms with Gasteiger partial charge in [0.15, 0.2) is 0 Å². The Kier molecular flexibility index (Phi) is 3.21. The van der Waals surface area contributed by atoms with Gasteiger partial charge in [0.25, 0.3) is 0 Å². The molecule has 2 aromatic rings. The third kappa shape index (κ3) is 1.97. The Hall–Kier alpha value is -1.09. The van der Waals surface area contributed by atoms with E-state index in [1.165, 1.54) is 0 Å². The second-order valence-corrected chi connectivity index (χ2v) is 3.61. The number of nitrogens with two attached hydrogens (primary N) is 1. The van der Waals surface area contributed by atoms with Gasteiger partial charge in [-0.25, -0.2) is 0 Å². The number of H-pyrrole nitrogens is 1. The average Bonchev–Trinajstić information content (AvgIpc) is 2.64. The van der Waals surface area contributed by atoms with E-state index in [-0.39, 0.29) is 0 Å². The van der Waals surface area contributed by atoms with Crippen molar-refractivity contribution < 1.29 is 9.42 Å². The molecule has 2 rings (SSSR count). The van der Waals surface area contributed by atoms with Gasteiger partial charge in [0.1, 0.15) is 5.75 Å².